The maximum absolute atomic E-state index is 12.9. The number of carbonyl (C=O) groups excluding carboxylic acids is 1. The summed E-state index contributed by atoms with van der Waals surface area (Å²) in [6.07, 6.45) is 2.76. The molecular weight excluding hydrogens is 406 g/mol. The number of likely N-dealkylation sites (N-methyl/N-ethyl adjacent to an activating group) is 1. The molecule has 1 amide bonds. The number of aliphatic hydroxyl groups is 1. The lowest BCUT2D eigenvalue weighted by molar-refractivity contribution is -0.136. The summed E-state index contributed by atoms with van der Waals surface area (Å²) in [6.45, 7) is 9.24. The molecule has 0 radical (unpaired) electrons. The third-order valence-corrected chi connectivity index (χ3v) is 6.17. The Balaban J connectivity index is 1.77. The van der Waals surface area contributed by atoms with Gasteiger partial charge in [-0.1, -0.05) is 42.0 Å². The molecule has 0 bridgehead atoms. The first-order valence-corrected chi connectivity index (χ1v) is 11.5. The first-order chi connectivity index (χ1) is 15.4. The van der Waals surface area contributed by atoms with Gasteiger partial charge in [0.25, 0.3) is 0 Å². The highest BCUT2D eigenvalue weighted by atomic mass is 16.5. The van der Waals surface area contributed by atoms with Gasteiger partial charge in [0.2, 0.25) is 5.91 Å². The topological polar surface area (TPSA) is 83.7 Å². The number of carbonyl (C=O) groups is 1. The third kappa shape index (κ3) is 6.60. The van der Waals surface area contributed by atoms with E-state index in [0.717, 1.165) is 18.8 Å². The molecule has 8 nitrogen and oxygen atoms in total. The second-order valence-electron chi connectivity index (χ2n) is 9.14. The van der Waals surface area contributed by atoms with E-state index < -0.39 is 0 Å². The summed E-state index contributed by atoms with van der Waals surface area (Å²) in [5, 5.41) is 17.9. The van der Waals surface area contributed by atoms with Crippen LogP contribution in [-0.2, 0) is 29.2 Å². The van der Waals surface area contributed by atoms with Crippen molar-refractivity contribution in [1.29, 1.82) is 0 Å². The van der Waals surface area contributed by atoms with Crippen molar-refractivity contribution in [2.75, 3.05) is 26.7 Å². The van der Waals surface area contributed by atoms with Gasteiger partial charge in [-0.25, -0.2) is 4.68 Å². The molecule has 1 aliphatic rings. The van der Waals surface area contributed by atoms with E-state index in [2.05, 4.69) is 60.4 Å². The molecule has 0 unspecified atom stereocenters. The number of hydrogen-bond donors (Lipinski definition) is 1. The molecule has 1 aliphatic heterocycles. The van der Waals surface area contributed by atoms with Crippen LogP contribution < -0.4 is 0 Å². The van der Waals surface area contributed by atoms with Crippen molar-refractivity contribution in [3.8, 4) is 0 Å². The van der Waals surface area contributed by atoms with Gasteiger partial charge in [0.1, 0.15) is 0 Å². The number of aliphatic hydroxyl groups excluding tert-OH is 1. The van der Waals surface area contributed by atoms with Gasteiger partial charge in [-0.3, -0.25) is 9.69 Å². The van der Waals surface area contributed by atoms with E-state index in [-0.39, 0.29) is 30.6 Å². The van der Waals surface area contributed by atoms with Gasteiger partial charge in [-0.05, 0) is 32.9 Å². The molecule has 0 aliphatic carbocycles. The largest absolute Gasteiger partial charge is 0.394 e. The van der Waals surface area contributed by atoms with Crippen LogP contribution in [0.25, 0.3) is 0 Å². The second-order valence-corrected chi connectivity index (χ2v) is 9.14. The number of aromatic nitrogens is 3. The van der Waals surface area contributed by atoms with Crippen molar-refractivity contribution in [2.24, 2.45) is 5.92 Å². The predicted octanol–water partition coefficient (Wildman–Crippen LogP) is 2.24. The zero-order valence-corrected chi connectivity index (χ0v) is 19.8. The lowest BCUT2D eigenvalue weighted by Gasteiger charge is -2.35. The zero-order valence-electron chi connectivity index (χ0n) is 19.8. The highest BCUT2D eigenvalue weighted by molar-refractivity contribution is 5.76. The van der Waals surface area contributed by atoms with Gasteiger partial charge in [0, 0.05) is 38.5 Å². The van der Waals surface area contributed by atoms with Crippen molar-refractivity contribution in [3.05, 3.63) is 47.3 Å². The summed E-state index contributed by atoms with van der Waals surface area (Å²) < 4.78 is 8.22. The molecule has 0 saturated heterocycles. The number of aryl methyl sites for hydroxylation is 2. The molecule has 3 rings (SSSR count). The molecule has 176 valence electrons. The van der Waals surface area contributed by atoms with Crippen LogP contribution >= 0.6 is 0 Å². The standard InChI is InChI=1S/C24H37N5O3/c1-18-7-5-8-21(11-18)14-27(4)15-23-19(2)13-28(20(3)16-30)24(31)9-6-10-29-22(17-32-23)12-25-26-29/h5,7-8,11-12,19-20,23,30H,6,9-10,13-17H2,1-4H3/t19-,20-,23+/m1/s1. The van der Waals surface area contributed by atoms with Crippen molar-refractivity contribution in [1.82, 2.24) is 24.8 Å². The van der Waals surface area contributed by atoms with Gasteiger partial charge >= 0.3 is 0 Å². The first-order valence-electron chi connectivity index (χ1n) is 11.5. The van der Waals surface area contributed by atoms with Crippen LogP contribution in [0.4, 0.5) is 0 Å². The Bertz CT molecular complexity index is 871. The summed E-state index contributed by atoms with van der Waals surface area (Å²) in [7, 11) is 2.10. The molecule has 3 atom stereocenters. The van der Waals surface area contributed by atoms with E-state index in [9.17, 15) is 9.90 Å². The number of rotatable bonds is 6. The second kappa shape index (κ2) is 11.5. The van der Waals surface area contributed by atoms with Crippen LogP contribution in [0.3, 0.4) is 0 Å². The summed E-state index contributed by atoms with van der Waals surface area (Å²) in [6, 6.07) is 8.31. The van der Waals surface area contributed by atoms with E-state index in [1.807, 2.05) is 16.5 Å². The molecule has 2 aromatic rings. The summed E-state index contributed by atoms with van der Waals surface area (Å²) in [4.78, 5) is 17.0. The van der Waals surface area contributed by atoms with Crippen molar-refractivity contribution < 1.29 is 14.6 Å². The fraction of sp³-hybridized carbons (Fsp3) is 0.625. The molecule has 0 spiro atoms. The molecule has 32 heavy (non-hydrogen) atoms. The summed E-state index contributed by atoms with van der Waals surface area (Å²) in [5.41, 5.74) is 3.44. The molecule has 1 aromatic heterocycles. The average molecular weight is 444 g/mol. The molecule has 0 fully saturated rings. The van der Waals surface area contributed by atoms with E-state index in [1.165, 1.54) is 11.1 Å². The molecular formula is C24H37N5O3. The Morgan fingerprint density at radius 2 is 2.19 bits per heavy atom. The fourth-order valence-electron chi connectivity index (χ4n) is 4.24. The maximum atomic E-state index is 12.9. The van der Waals surface area contributed by atoms with E-state index in [4.69, 9.17) is 4.74 Å². The Kier molecular flexibility index (Phi) is 8.78. The fourth-order valence-corrected chi connectivity index (χ4v) is 4.24. The number of benzene rings is 1. The third-order valence-electron chi connectivity index (χ3n) is 6.17. The van der Waals surface area contributed by atoms with Gasteiger partial charge in [-0.15, -0.1) is 5.10 Å². The maximum Gasteiger partial charge on any atom is 0.222 e. The molecule has 8 heteroatoms. The lowest BCUT2D eigenvalue weighted by Crippen LogP contribution is -2.47. The SMILES string of the molecule is Cc1cccc(CN(C)C[C@@H]2OCc3cnnn3CCCC(=O)N([C@H](C)CO)C[C@H]2C)c1. The molecule has 1 aromatic carbocycles. The van der Waals surface area contributed by atoms with E-state index >= 15 is 0 Å². The van der Waals surface area contributed by atoms with Crippen LogP contribution in [0.2, 0.25) is 0 Å². The number of ether oxygens (including phenoxy) is 1. The van der Waals surface area contributed by atoms with E-state index in [1.54, 1.807) is 6.20 Å². The zero-order chi connectivity index (χ0) is 23.1. The van der Waals surface area contributed by atoms with Crippen molar-refractivity contribution >= 4 is 5.91 Å². The number of nitrogens with zero attached hydrogens (tertiary/aromatic N) is 5. The average Bonchev–Trinajstić information content (AvgIpc) is 3.20. The first kappa shape index (κ1) is 24.4. The Morgan fingerprint density at radius 1 is 1.38 bits per heavy atom. The lowest BCUT2D eigenvalue weighted by atomic mass is 10.0. The van der Waals surface area contributed by atoms with Crippen LogP contribution in [0, 0.1) is 12.8 Å². The van der Waals surface area contributed by atoms with Gasteiger partial charge in [0.05, 0.1) is 37.3 Å². The Morgan fingerprint density at radius 3 is 2.94 bits per heavy atom. The van der Waals surface area contributed by atoms with Gasteiger partial charge in [0.15, 0.2) is 0 Å². The molecule has 0 saturated carbocycles. The highest BCUT2D eigenvalue weighted by Gasteiger charge is 2.28. The van der Waals surface area contributed by atoms with E-state index in [0.29, 0.717) is 32.5 Å². The highest BCUT2D eigenvalue weighted by Crippen LogP contribution is 2.19. The summed E-state index contributed by atoms with van der Waals surface area (Å²) >= 11 is 0. The Labute approximate surface area is 191 Å². The van der Waals surface area contributed by atoms with Crippen LogP contribution in [0.15, 0.2) is 30.5 Å². The smallest absolute Gasteiger partial charge is 0.222 e. The predicted molar refractivity (Wildman–Crippen MR) is 123 cm³/mol. The minimum atomic E-state index is -0.222. The minimum absolute atomic E-state index is 0.0511. The quantitative estimate of drug-likeness (QED) is 0.737. The van der Waals surface area contributed by atoms with Crippen molar-refractivity contribution in [2.45, 2.75) is 65.5 Å². The Hall–Kier alpha value is -2.29. The number of fused-ring (bicyclic) bond motifs is 1. The van der Waals surface area contributed by atoms with Crippen LogP contribution in [0.1, 0.15) is 43.5 Å². The van der Waals surface area contributed by atoms with Crippen molar-refractivity contribution in [3.63, 3.8) is 0 Å². The number of amides is 1. The summed E-state index contributed by atoms with van der Waals surface area (Å²) in [5.74, 6) is 0.157. The number of hydrogen-bond acceptors (Lipinski definition) is 6. The van der Waals surface area contributed by atoms with Gasteiger partial charge < -0.3 is 14.7 Å². The molecule has 1 N–H and O–H groups in total. The molecule has 2 heterocycles. The van der Waals surface area contributed by atoms with Gasteiger partial charge in [-0.2, -0.15) is 0 Å². The minimum Gasteiger partial charge on any atom is -0.394 e. The monoisotopic (exact) mass is 443 g/mol. The van der Waals surface area contributed by atoms with Crippen LogP contribution in [0.5, 0.6) is 0 Å². The van der Waals surface area contributed by atoms with Crippen LogP contribution in [-0.4, -0.2) is 74.7 Å². The normalized spacial score (nSPS) is 21.7.